The molecule has 0 N–H and O–H groups in total. The van der Waals surface area contributed by atoms with E-state index in [-0.39, 0.29) is 5.92 Å². The van der Waals surface area contributed by atoms with E-state index in [4.69, 9.17) is 0 Å². The Kier molecular flexibility index (Phi) is 5.69. The average molecular weight is 353 g/mol. The Hall–Kier alpha value is -0.950. The highest BCUT2D eigenvalue weighted by Gasteiger charge is 2.30. The van der Waals surface area contributed by atoms with Crippen LogP contribution in [0.5, 0.6) is 0 Å². The van der Waals surface area contributed by atoms with Crippen LogP contribution in [0.25, 0.3) is 0 Å². The van der Waals surface area contributed by atoms with Gasteiger partial charge in [-0.2, -0.15) is 11.8 Å². The van der Waals surface area contributed by atoms with Crippen LogP contribution in [0.3, 0.4) is 0 Å². The van der Waals surface area contributed by atoms with Gasteiger partial charge in [0.15, 0.2) is 5.16 Å². The zero-order valence-corrected chi connectivity index (χ0v) is 15.5. The molecular weight excluding hydrogens is 328 g/mol. The number of nitrogens with zero attached hydrogens (tertiary/aromatic N) is 4. The summed E-state index contributed by atoms with van der Waals surface area (Å²) in [5.74, 6) is 3.56. The predicted molar refractivity (Wildman–Crippen MR) is 97.4 cm³/mol. The Morgan fingerprint density at radius 1 is 1.30 bits per heavy atom. The Morgan fingerprint density at radius 3 is 2.83 bits per heavy atom. The molecule has 0 bridgehead atoms. The lowest BCUT2D eigenvalue weighted by molar-refractivity contribution is -0.135. The van der Waals surface area contributed by atoms with Crippen LogP contribution in [0.15, 0.2) is 11.2 Å². The summed E-state index contributed by atoms with van der Waals surface area (Å²) in [4.78, 5) is 26.1. The number of carbonyl (C=O) groups is 1. The molecule has 0 saturated carbocycles. The van der Waals surface area contributed by atoms with Crippen LogP contribution < -0.4 is 4.90 Å². The minimum absolute atomic E-state index is 0.111. The molecule has 5 nitrogen and oxygen atoms in total. The lowest BCUT2D eigenvalue weighted by Crippen LogP contribution is -2.47. The van der Waals surface area contributed by atoms with Crippen molar-refractivity contribution in [2.24, 2.45) is 5.92 Å². The van der Waals surface area contributed by atoms with Crippen LogP contribution in [0.4, 0.5) is 5.82 Å². The first-order valence-electron chi connectivity index (χ1n) is 8.18. The second-order valence-corrected chi connectivity index (χ2v) is 8.08. The van der Waals surface area contributed by atoms with Gasteiger partial charge < -0.3 is 9.80 Å². The van der Waals surface area contributed by atoms with E-state index in [1.54, 1.807) is 11.8 Å². The number of piperidine rings is 1. The summed E-state index contributed by atoms with van der Waals surface area (Å²) in [5, 5.41) is 0.807. The first kappa shape index (κ1) is 16.9. The fraction of sp³-hybridized carbons (Fsp3) is 0.688. The zero-order valence-electron chi connectivity index (χ0n) is 13.8. The summed E-state index contributed by atoms with van der Waals surface area (Å²) in [6.45, 7) is 5.58. The first-order valence-corrected chi connectivity index (χ1v) is 10.6. The molecule has 0 spiro atoms. The van der Waals surface area contributed by atoms with Gasteiger partial charge in [0.25, 0.3) is 0 Å². The molecule has 1 aromatic heterocycles. The van der Waals surface area contributed by atoms with Crippen molar-refractivity contribution < 1.29 is 4.79 Å². The smallest absolute Gasteiger partial charge is 0.227 e. The van der Waals surface area contributed by atoms with Gasteiger partial charge in [0.2, 0.25) is 5.91 Å². The fourth-order valence-electron chi connectivity index (χ4n) is 3.21. The SMILES string of the molecule is CSc1nc(C)cc(N2CCCC(C(=O)N3CCSCC3)C2)n1. The zero-order chi connectivity index (χ0) is 16.2. The molecular formula is C16H24N4OS2. The first-order chi connectivity index (χ1) is 11.2. The van der Waals surface area contributed by atoms with Crippen molar-refractivity contribution in [2.75, 3.05) is 48.8 Å². The van der Waals surface area contributed by atoms with E-state index in [0.717, 1.165) is 67.2 Å². The minimum Gasteiger partial charge on any atom is -0.356 e. The van der Waals surface area contributed by atoms with Gasteiger partial charge in [-0.3, -0.25) is 4.79 Å². The predicted octanol–water partition coefficient (Wildman–Crippen LogP) is 2.30. The highest BCUT2D eigenvalue weighted by molar-refractivity contribution is 7.99. The second-order valence-electron chi connectivity index (χ2n) is 6.08. The number of aromatic nitrogens is 2. The third-order valence-electron chi connectivity index (χ3n) is 4.42. The molecule has 7 heteroatoms. The molecule has 3 heterocycles. The molecule has 1 atom stereocenters. The van der Waals surface area contributed by atoms with Gasteiger partial charge in [-0.25, -0.2) is 9.97 Å². The van der Waals surface area contributed by atoms with Crippen LogP contribution in [0.1, 0.15) is 18.5 Å². The number of thioether (sulfide) groups is 2. The highest BCUT2D eigenvalue weighted by Crippen LogP contribution is 2.25. The maximum absolute atomic E-state index is 12.8. The quantitative estimate of drug-likeness (QED) is 0.614. The fourth-order valence-corrected chi connectivity index (χ4v) is 4.53. The third kappa shape index (κ3) is 4.12. The van der Waals surface area contributed by atoms with Crippen molar-refractivity contribution >= 4 is 35.2 Å². The van der Waals surface area contributed by atoms with Gasteiger partial charge in [-0.1, -0.05) is 11.8 Å². The van der Waals surface area contributed by atoms with Crippen molar-refractivity contribution in [1.29, 1.82) is 0 Å². The molecule has 0 aliphatic carbocycles. The Morgan fingerprint density at radius 2 is 2.09 bits per heavy atom. The standard InChI is InChI=1S/C16H24N4OS2/c1-12-10-14(18-16(17-12)22-2)20-5-3-4-13(11-20)15(21)19-6-8-23-9-7-19/h10,13H,3-9,11H2,1-2H3. The number of hydrogen-bond donors (Lipinski definition) is 0. The topological polar surface area (TPSA) is 49.3 Å². The van der Waals surface area contributed by atoms with E-state index in [2.05, 4.69) is 19.8 Å². The highest BCUT2D eigenvalue weighted by atomic mass is 32.2. The molecule has 2 aliphatic rings. The maximum Gasteiger partial charge on any atom is 0.227 e. The molecule has 0 aromatic carbocycles. The number of carbonyl (C=O) groups excluding carboxylic acids is 1. The van der Waals surface area contributed by atoms with Crippen LogP contribution in [0, 0.1) is 12.8 Å². The molecule has 23 heavy (non-hydrogen) atoms. The molecule has 1 unspecified atom stereocenters. The summed E-state index contributed by atoms with van der Waals surface area (Å²) in [7, 11) is 0. The average Bonchev–Trinajstić information content (AvgIpc) is 2.61. The van der Waals surface area contributed by atoms with E-state index < -0.39 is 0 Å². The van der Waals surface area contributed by atoms with Gasteiger partial charge in [0, 0.05) is 49.4 Å². The summed E-state index contributed by atoms with van der Waals surface area (Å²) in [5.41, 5.74) is 0.987. The molecule has 3 rings (SSSR count). The number of aryl methyl sites for hydroxylation is 1. The van der Waals surface area contributed by atoms with E-state index in [1.165, 1.54) is 0 Å². The van der Waals surface area contributed by atoms with Crippen LogP contribution in [0.2, 0.25) is 0 Å². The Balaban J connectivity index is 1.70. The van der Waals surface area contributed by atoms with Crippen molar-refractivity contribution in [3.63, 3.8) is 0 Å². The normalized spacial score (nSPS) is 22.3. The lowest BCUT2D eigenvalue weighted by Gasteiger charge is -2.36. The van der Waals surface area contributed by atoms with Crippen LogP contribution in [-0.4, -0.2) is 64.7 Å². The van der Waals surface area contributed by atoms with Gasteiger partial charge >= 0.3 is 0 Å². The second kappa shape index (κ2) is 7.75. The van der Waals surface area contributed by atoms with E-state index in [1.807, 2.05) is 31.0 Å². The minimum atomic E-state index is 0.111. The number of amides is 1. The van der Waals surface area contributed by atoms with Crippen molar-refractivity contribution in [3.05, 3.63) is 11.8 Å². The molecule has 1 aromatic rings. The van der Waals surface area contributed by atoms with Gasteiger partial charge in [0.05, 0.1) is 5.92 Å². The molecule has 1 amide bonds. The Labute approximate surface area is 146 Å². The largest absolute Gasteiger partial charge is 0.356 e. The van der Waals surface area contributed by atoms with Crippen molar-refractivity contribution in [1.82, 2.24) is 14.9 Å². The molecule has 2 saturated heterocycles. The molecule has 126 valence electrons. The van der Waals surface area contributed by atoms with E-state index in [0.29, 0.717) is 5.91 Å². The Bertz CT molecular complexity index is 563. The van der Waals surface area contributed by atoms with Gasteiger partial charge in [-0.15, -0.1) is 0 Å². The van der Waals surface area contributed by atoms with Crippen molar-refractivity contribution in [2.45, 2.75) is 24.9 Å². The summed E-state index contributed by atoms with van der Waals surface area (Å²) in [6.07, 6.45) is 4.05. The van der Waals surface area contributed by atoms with Gasteiger partial charge in [-0.05, 0) is 26.0 Å². The van der Waals surface area contributed by atoms with Gasteiger partial charge in [0.1, 0.15) is 5.82 Å². The summed E-state index contributed by atoms with van der Waals surface area (Å²) < 4.78 is 0. The molecule has 2 aliphatic heterocycles. The molecule has 0 radical (unpaired) electrons. The third-order valence-corrected chi connectivity index (χ3v) is 5.91. The number of anilines is 1. The monoisotopic (exact) mass is 352 g/mol. The molecule has 2 fully saturated rings. The lowest BCUT2D eigenvalue weighted by atomic mass is 9.96. The summed E-state index contributed by atoms with van der Waals surface area (Å²) >= 11 is 3.51. The van der Waals surface area contributed by atoms with Crippen LogP contribution in [-0.2, 0) is 4.79 Å². The summed E-state index contributed by atoms with van der Waals surface area (Å²) in [6, 6.07) is 2.03. The number of hydrogen-bond acceptors (Lipinski definition) is 6. The van der Waals surface area contributed by atoms with Crippen LogP contribution >= 0.6 is 23.5 Å². The number of rotatable bonds is 3. The maximum atomic E-state index is 12.8. The van der Waals surface area contributed by atoms with E-state index in [9.17, 15) is 4.79 Å². The van der Waals surface area contributed by atoms with Crippen molar-refractivity contribution in [3.8, 4) is 0 Å². The van der Waals surface area contributed by atoms with E-state index >= 15 is 0 Å².